The number of H-pyrrole nitrogens is 2. The van der Waals surface area contributed by atoms with Crippen LogP contribution in [0.15, 0.2) is 54.7 Å². The average Bonchev–Trinajstić information content (AvgIpc) is 3.30. The lowest BCUT2D eigenvalue weighted by molar-refractivity contribution is 0.483. The van der Waals surface area contributed by atoms with Gasteiger partial charge in [-0.3, -0.25) is 5.10 Å². The Morgan fingerprint density at radius 2 is 1.88 bits per heavy atom. The molecule has 3 N–H and O–H groups in total. The number of aromatic nitrogens is 4. The molecule has 0 bridgehead atoms. The number of ether oxygens (including phenoxy) is 1. The molecule has 2 aromatic heterocycles. The second kappa shape index (κ2) is 6.78. The van der Waals surface area contributed by atoms with Crippen molar-refractivity contribution in [2.75, 3.05) is 6.54 Å². The van der Waals surface area contributed by atoms with Gasteiger partial charge >= 0.3 is 0 Å². The minimum Gasteiger partial charge on any atom is -0.457 e. The molecule has 4 rings (SSSR count). The lowest BCUT2D eigenvalue weighted by Gasteiger charge is -2.06. The van der Waals surface area contributed by atoms with E-state index >= 15 is 0 Å². The number of nitrogens with zero attached hydrogens (tertiary/aromatic N) is 2. The quantitative estimate of drug-likeness (QED) is 0.501. The van der Waals surface area contributed by atoms with Crippen molar-refractivity contribution in [3.05, 3.63) is 60.6 Å². The van der Waals surface area contributed by atoms with E-state index in [4.69, 9.17) is 4.74 Å². The van der Waals surface area contributed by atoms with Gasteiger partial charge in [0, 0.05) is 12.3 Å². The molecule has 2 heterocycles. The number of nitrogens with one attached hydrogen (secondary N) is 3. The molecular formula is C19H19N5O. The highest BCUT2D eigenvalue weighted by Gasteiger charge is 2.05. The molecule has 0 aliphatic rings. The van der Waals surface area contributed by atoms with Crippen LogP contribution in [0.1, 0.15) is 12.7 Å². The summed E-state index contributed by atoms with van der Waals surface area (Å²) in [4.78, 5) is 7.87. The molecular weight excluding hydrogens is 314 g/mol. The first kappa shape index (κ1) is 15.4. The standard InChI is InChI=1S/C19H19N5O/c1-2-20-12-19-22-17-8-7-15(11-18(17)23-19)25-14-5-3-13(4-6-14)16-9-10-21-24-16/h3-11,20H,2,12H2,1H3,(H,21,24)(H,22,23). The minimum atomic E-state index is 0.733. The number of imidazole rings is 1. The van der Waals surface area contributed by atoms with Gasteiger partial charge in [-0.25, -0.2) is 4.98 Å². The predicted molar refractivity (Wildman–Crippen MR) is 97.6 cm³/mol. The molecule has 25 heavy (non-hydrogen) atoms. The van der Waals surface area contributed by atoms with Crippen molar-refractivity contribution >= 4 is 11.0 Å². The molecule has 0 aliphatic carbocycles. The Balaban J connectivity index is 1.51. The smallest absolute Gasteiger partial charge is 0.129 e. The topological polar surface area (TPSA) is 78.6 Å². The zero-order valence-electron chi connectivity index (χ0n) is 13.9. The van der Waals surface area contributed by atoms with Crippen LogP contribution in [0, 0.1) is 0 Å². The zero-order chi connectivity index (χ0) is 17.1. The van der Waals surface area contributed by atoms with E-state index in [1.54, 1.807) is 6.20 Å². The Labute approximate surface area is 145 Å². The molecule has 0 saturated carbocycles. The zero-order valence-corrected chi connectivity index (χ0v) is 13.9. The van der Waals surface area contributed by atoms with E-state index in [9.17, 15) is 0 Å². The van der Waals surface area contributed by atoms with E-state index in [0.29, 0.717) is 0 Å². The summed E-state index contributed by atoms with van der Waals surface area (Å²) < 4.78 is 5.96. The Bertz CT molecular complexity index is 957. The van der Waals surface area contributed by atoms with Crippen molar-refractivity contribution in [1.82, 2.24) is 25.5 Å². The third kappa shape index (κ3) is 3.39. The summed E-state index contributed by atoms with van der Waals surface area (Å²) in [7, 11) is 0. The summed E-state index contributed by atoms with van der Waals surface area (Å²) in [6.45, 7) is 3.72. The monoisotopic (exact) mass is 333 g/mol. The average molecular weight is 333 g/mol. The van der Waals surface area contributed by atoms with Crippen LogP contribution in [0.2, 0.25) is 0 Å². The molecule has 126 valence electrons. The summed E-state index contributed by atoms with van der Waals surface area (Å²) in [6.07, 6.45) is 1.74. The maximum Gasteiger partial charge on any atom is 0.129 e. The fraction of sp³-hybridized carbons (Fsp3) is 0.158. The van der Waals surface area contributed by atoms with Crippen molar-refractivity contribution in [1.29, 1.82) is 0 Å². The van der Waals surface area contributed by atoms with Gasteiger partial charge < -0.3 is 15.0 Å². The van der Waals surface area contributed by atoms with E-state index in [-0.39, 0.29) is 0 Å². The van der Waals surface area contributed by atoms with E-state index in [2.05, 4.69) is 32.4 Å². The van der Waals surface area contributed by atoms with Crippen molar-refractivity contribution < 1.29 is 4.74 Å². The second-order valence-electron chi connectivity index (χ2n) is 5.74. The molecule has 0 radical (unpaired) electrons. The van der Waals surface area contributed by atoms with Crippen LogP contribution in [-0.2, 0) is 6.54 Å². The van der Waals surface area contributed by atoms with Gasteiger partial charge in [0.15, 0.2) is 0 Å². The SMILES string of the molecule is CCNCc1nc2ccc(Oc3ccc(-c4ccn[nH]4)cc3)cc2[nH]1. The van der Waals surface area contributed by atoms with Crippen molar-refractivity contribution in [2.24, 2.45) is 0 Å². The molecule has 0 amide bonds. The number of hydrogen-bond donors (Lipinski definition) is 3. The molecule has 0 atom stereocenters. The third-order valence-corrected chi connectivity index (χ3v) is 3.95. The largest absolute Gasteiger partial charge is 0.457 e. The maximum absolute atomic E-state index is 5.96. The second-order valence-corrected chi connectivity index (χ2v) is 5.74. The Morgan fingerprint density at radius 1 is 1.04 bits per heavy atom. The summed E-state index contributed by atoms with van der Waals surface area (Å²) >= 11 is 0. The predicted octanol–water partition coefficient (Wildman–Crippen LogP) is 3.85. The Morgan fingerprint density at radius 3 is 2.64 bits per heavy atom. The van der Waals surface area contributed by atoms with Gasteiger partial charge in [-0.15, -0.1) is 0 Å². The number of benzene rings is 2. The van der Waals surface area contributed by atoms with Gasteiger partial charge in [0.25, 0.3) is 0 Å². The number of rotatable bonds is 6. The third-order valence-electron chi connectivity index (χ3n) is 3.95. The molecule has 4 aromatic rings. The Kier molecular flexibility index (Phi) is 4.18. The fourth-order valence-electron chi connectivity index (χ4n) is 2.69. The van der Waals surface area contributed by atoms with Crippen molar-refractivity contribution in [2.45, 2.75) is 13.5 Å². The molecule has 0 saturated heterocycles. The van der Waals surface area contributed by atoms with Gasteiger partial charge in [0.2, 0.25) is 0 Å². The van der Waals surface area contributed by atoms with Gasteiger partial charge in [0.1, 0.15) is 17.3 Å². The summed E-state index contributed by atoms with van der Waals surface area (Å²) in [5.74, 6) is 2.49. The highest BCUT2D eigenvalue weighted by Crippen LogP contribution is 2.27. The normalized spacial score (nSPS) is 11.1. The Hall–Kier alpha value is -3.12. The van der Waals surface area contributed by atoms with E-state index in [0.717, 1.165) is 52.7 Å². The first-order valence-electron chi connectivity index (χ1n) is 8.29. The van der Waals surface area contributed by atoms with Gasteiger partial charge in [0.05, 0.1) is 23.3 Å². The highest BCUT2D eigenvalue weighted by atomic mass is 16.5. The number of hydrogen-bond acceptors (Lipinski definition) is 4. The molecule has 6 heteroatoms. The van der Waals surface area contributed by atoms with Crippen LogP contribution in [0.5, 0.6) is 11.5 Å². The summed E-state index contributed by atoms with van der Waals surface area (Å²) in [5, 5.41) is 10.2. The molecule has 0 fully saturated rings. The summed E-state index contributed by atoms with van der Waals surface area (Å²) in [5.41, 5.74) is 3.97. The van der Waals surface area contributed by atoms with Crippen molar-refractivity contribution in [3.8, 4) is 22.8 Å². The molecule has 0 aliphatic heterocycles. The van der Waals surface area contributed by atoms with E-state index in [1.807, 2.05) is 48.5 Å². The van der Waals surface area contributed by atoms with E-state index < -0.39 is 0 Å². The maximum atomic E-state index is 5.96. The number of aromatic amines is 2. The van der Waals surface area contributed by atoms with E-state index in [1.165, 1.54) is 0 Å². The van der Waals surface area contributed by atoms with Gasteiger partial charge in [-0.05, 0) is 54.6 Å². The van der Waals surface area contributed by atoms with Crippen LogP contribution in [0.25, 0.3) is 22.3 Å². The lowest BCUT2D eigenvalue weighted by atomic mass is 10.1. The first-order chi connectivity index (χ1) is 12.3. The molecule has 2 aromatic carbocycles. The molecule has 6 nitrogen and oxygen atoms in total. The van der Waals surface area contributed by atoms with Crippen LogP contribution in [0.3, 0.4) is 0 Å². The van der Waals surface area contributed by atoms with Gasteiger partial charge in [-0.1, -0.05) is 6.92 Å². The van der Waals surface area contributed by atoms with Crippen molar-refractivity contribution in [3.63, 3.8) is 0 Å². The lowest BCUT2D eigenvalue weighted by Crippen LogP contribution is -2.12. The van der Waals surface area contributed by atoms with Crippen LogP contribution in [-0.4, -0.2) is 26.7 Å². The van der Waals surface area contributed by atoms with Gasteiger partial charge in [-0.2, -0.15) is 5.10 Å². The summed E-state index contributed by atoms with van der Waals surface area (Å²) in [6, 6.07) is 15.7. The molecule has 0 unspecified atom stereocenters. The minimum absolute atomic E-state index is 0.733. The first-order valence-corrected chi connectivity index (χ1v) is 8.29. The number of fused-ring (bicyclic) bond motifs is 1. The van der Waals surface area contributed by atoms with Crippen LogP contribution >= 0.6 is 0 Å². The van der Waals surface area contributed by atoms with Crippen LogP contribution in [0.4, 0.5) is 0 Å². The molecule has 0 spiro atoms. The fourth-order valence-corrected chi connectivity index (χ4v) is 2.69. The highest BCUT2D eigenvalue weighted by molar-refractivity contribution is 5.77. The van der Waals surface area contributed by atoms with Crippen LogP contribution < -0.4 is 10.1 Å².